The molecule has 0 radical (unpaired) electrons. The normalized spacial score (nSPS) is 11.8. The van der Waals surface area contributed by atoms with Gasteiger partial charge in [-0.3, -0.25) is 9.59 Å². The van der Waals surface area contributed by atoms with Crippen molar-refractivity contribution >= 4 is 17.5 Å². The molecule has 2 amide bonds. The number of benzene rings is 3. The SMILES string of the molecule is Cc1ccc(CCC(=O)Nc2ccccc2C(=O)NCc2ccc3c(c2)OCO3)cc1. The Balaban J connectivity index is 1.35. The highest BCUT2D eigenvalue weighted by atomic mass is 16.7. The van der Waals surface area contributed by atoms with Crippen molar-refractivity contribution in [2.75, 3.05) is 12.1 Å². The Hall–Kier alpha value is -3.80. The van der Waals surface area contributed by atoms with Crippen LogP contribution in [0.25, 0.3) is 0 Å². The van der Waals surface area contributed by atoms with Crippen LogP contribution in [0, 0.1) is 6.92 Å². The Bertz CT molecular complexity index is 1090. The van der Waals surface area contributed by atoms with Gasteiger partial charge in [0, 0.05) is 13.0 Å². The second kappa shape index (κ2) is 9.34. The number of hydrogen-bond acceptors (Lipinski definition) is 4. The number of amides is 2. The summed E-state index contributed by atoms with van der Waals surface area (Å²) >= 11 is 0. The van der Waals surface area contributed by atoms with Crippen molar-refractivity contribution in [2.24, 2.45) is 0 Å². The number of nitrogens with one attached hydrogen (secondary N) is 2. The van der Waals surface area contributed by atoms with Crippen LogP contribution in [0.3, 0.4) is 0 Å². The van der Waals surface area contributed by atoms with Gasteiger partial charge in [0.15, 0.2) is 11.5 Å². The van der Waals surface area contributed by atoms with Crippen molar-refractivity contribution in [1.29, 1.82) is 0 Å². The van der Waals surface area contributed by atoms with Gasteiger partial charge in [0.2, 0.25) is 12.7 Å². The van der Waals surface area contributed by atoms with Crippen LogP contribution in [0.2, 0.25) is 0 Å². The van der Waals surface area contributed by atoms with Crippen molar-refractivity contribution < 1.29 is 19.1 Å². The first kappa shape index (κ1) is 20.5. The van der Waals surface area contributed by atoms with Gasteiger partial charge < -0.3 is 20.1 Å². The van der Waals surface area contributed by atoms with Crippen molar-refractivity contribution in [1.82, 2.24) is 5.32 Å². The Labute approximate surface area is 181 Å². The van der Waals surface area contributed by atoms with E-state index in [0.29, 0.717) is 42.1 Å². The van der Waals surface area contributed by atoms with E-state index in [9.17, 15) is 9.59 Å². The molecule has 2 N–H and O–H groups in total. The minimum Gasteiger partial charge on any atom is -0.454 e. The third-order valence-corrected chi connectivity index (χ3v) is 5.10. The third-order valence-electron chi connectivity index (χ3n) is 5.10. The molecule has 6 heteroatoms. The van der Waals surface area contributed by atoms with Crippen LogP contribution >= 0.6 is 0 Å². The lowest BCUT2D eigenvalue weighted by molar-refractivity contribution is -0.116. The molecule has 0 saturated carbocycles. The Morgan fingerprint density at radius 2 is 1.65 bits per heavy atom. The fourth-order valence-corrected chi connectivity index (χ4v) is 3.34. The molecular weight excluding hydrogens is 392 g/mol. The van der Waals surface area contributed by atoms with Crippen LogP contribution in [0.4, 0.5) is 5.69 Å². The Morgan fingerprint density at radius 3 is 2.48 bits per heavy atom. The lowest BCUT2D eigenvalue weighted by atomic mass is 10.1. The van der Waals surface area contributed by atoms with Gasteiger partial charge in [0.1, 0.15) is 0 Å². The van der Waals surface area contributed by atoms with Gasteiger partial charge >= 0.3 is 0 Å². The first-order chi connectivity index (χ1) is 15.1. The highest BCUT2D eigenvalue weighted by Gasteiger charge is 2.15. The molecule has 31 heavy (non-hydrogen) atoms. The molecular formula is C25H24N2O4. The molecule has 3 aromatic carbocycles. The standard InChI is InChI=1S/C25H24N2O4/c1-17-6-8-18(9-7-17)11-13-24(28)27-21-5-3-2-4-20(21)25(29)26-15-19-10-12-22-23(14-19)31-16-30-22/h2-10,12,14H,11,13,15-16H2,1H3,(H,26,29)(H,27,28). The molecule has 4 rings (SSSR count). The van der Waals surface area contributed by atoms with Gasteiger partial charge in [-0.1, -0.05) is 48.0 Å². The van der Waals surface area contributed by atoms with E-state index in [1.54, 1.807) is 24.3 Å². The van der Waals surface area contributed by atoms with Crippen molar-refractivity contribution in [3.63, 3.8) is 0 Å². The number of anilines is 1. The zero-order chi connectivity index (χ0) is 21.6. The minimum absolute atomic E-state index is 0.128. The summed E-state index contributed by atoms with van der Waals surface area (Å²) in [5.41, 5.74) is 4.12. The molecule has 0 saturated heterocycles. The average molecular weight is 416 g/mol. The summed E-state index contributed by atoms with van der Waals surface area (Å²) in [6, 6.07) is 20.7. The summed E-state index contributed by atoms with van der Waals surface area (Å²) in [5.74, 6) is 0.991. The van der Waals surface area contributed by atoms with E-state index < -0.39 is 0 Å². The Morgan fingerprint density at radius 1 is 0.903 bits per heavy atom. The predicted molar refractivity (Wildman–Crippen MR) is 118 cm³/mol. The molecule has 1 aliphatic rings. The maximum Gasteiger partial charge on any atom is 0.253 e. The zero-order valence-corrected chi connectivity index (χ0v) is 17.3. The second-order valence-electron chi connectivity index (χ2n) is 7.45. The van der Waals surface area contributed by atoms with Gasteiger partial charge in [0.05, 0.1) is 11.3 Å². The van der Waals surface area contributed by atoms with Crippen LogP contribution in [-0.4, -0.2) is 18.6 Å². The molecule has 0 fully saturated rings. The fourth-order valence-electron chi connectivity index (χ4n) is 3.34. The summed E-state index contributed by atoms with van der Waals surface area (Å²) in [7, 11) is 0. The van der Waals surface area contributed by atoms with Gasteiger partial charge in [-0.15, -0.1) is 0 Å². The topological polar surface area (TPSA) is 76.7 Å². The van der Waals surface area contributed by atoms with Crippen molar-refractivity contribution in [3.8, 4) is 11.5 Å². The van der Waals surface area contributed by atoms with E-state index >= 15 is 0 Å². The fraction of sp³-hybridized carbons (Fsp3) is 0.200. The molecule has 6 nitrogen and oxygen atoms in total. The van der Waals surface area contributed by atoms with Crippen LogP contribution in [0.15, 0.2) is 66.7 Å². The lowest BCUT2D eigenvalue weighted by Crippen LogP contribution is -2.25. The molecule has 1 heterocycles. The molecule has 0 unspecified atom stereocenters. The number of carbonyl (C=O) groups excluding carboxylic acids is 2. The van der Waals surface area contributed by atoms with E-state index in [-0.39, 0.29) is 18.6 Å². The minimum atomic E-state index is -0.257. The van der Waals surface area contributed by atoms with Gasteiger partial charge in [0.25, 0.3) is 5.91 Å². The Kier molecular flexibility index (Phi) is 6.17. The van der Waals surface area contributed by atoms with Crippen LogP contribution in [0.5, 0.6) is 11.5 Å². The monoisotopic (exact) mass is 416 g/mol. The maximum absolute atomic E-state index is 12.7. The van der Waals surface area contributed by atoms with Crippen LogP contribution in [0.1, 0.15) is 33.5 Å². The molecule has 3 aromatic rings. The largest absolute Gasteiger partial charge is 0.454 e. The number of ether oxygens (including phenoxy) is 2. The van der Waals surface area contributed by atoms with Crippen molar-refractivity contribution in [3.05, 3.63) is 89.0 Å². The number of hydrogen-bond donors (Lipinski definition) is 2. The summed E-state index contributed by atoms with van der Waals surface area (Å²) < 4.78 is 10.7. The van der Waals surface area contributed by atoms with Gasteiger partial charge in [-0.2, -0.15) is 0 Å². The van der Waals surface area contributed by atoms with Gasteiger partial charge in [-0.05, 0) is 48.7 Å². The highest BCUT2D eigenvalue weighted by Crippen LogP contribution is 2.32. The number of carbonyl (C=O) groups is 2. The highest BCUT2D eigenvalue weighted by molar-refractivity contribution is 6.03. The predicted octanol–water partition coefficient (Wildman–Crippen LogP) is 4.23. The molecule has 0 spiro atoms. The first-order valence-corrected chi connectivity index (χ1v) is 10.2. The van der Waals surface area contributed by atoms with Gasteiger partial charge in [-0.25, -0.2) is 0 Å². The smallest absolute Gasteiger partial charge is 0.253 e. The molecule has 0 bridgehead atoms. The van der Waals surface area contributed by atoms with E-state index in [2.05, 4.69) is 10.6 Å². The summed E-state index contributed by atoms with van der Waals surface area (Å²) in [5, 5.41) is 5.77. The number of fused-ring (bicyclic) bond motifs is 1. The molecule has 0 atom stereocenters. The van der Waals surface area contributed by atoms with Crippen LogP contribution < -0.4 is 20.1 Å². The first-order valence-electron chi connectivity index (χ1n) is 10.2. The zero-order valence-electron chi connectivity index (χ0n) is 17.3. The summed E-state index contributed by atoms with van der Waals surface area (Å²) in [4.78, 5) is 25.2. The third kappa shape index (κ3) is 5.22. The number of aryl methyl sites for hydroxylation is 2. The number of para-hydroxylation sites is 1. The molecule has 158 valence electrons. The molecule has 1 aliphatic heterocycles. The maximum atomic E-state index is 12.7. The summed E-state index contributed by atoms with van der Waals surface area (Å²) in [6.07, 6.45) is 0.987. The number of rotatable bonds is 7. The van der Waals surface area contributed by atoms with E-state index in [0.717, 1.165) is 11.1 Å². The molecule has 0 aromatic heterocycles. The molecule has 0 aliphatic carbocycles. The average Bonchev–Trinajstić information content (AvgIpc) is 3.25. The van der Waals surface area contributed by atoms with E-state index in [1.165, 1.54) is 5.56 Å². The van der Waals surface area contributed by atoms with E-state index in [4.69, 9.17) is 9.47 Å². The summed E-state index contributed by atoms with van der Waals surface area (Å²) in [6.45, 7) is 2.58. The van der Waals surface area contributed by atoms with Crippen molar-refractivity contribution in [2.45, 2.75) is 26.3 Å². The quantitative estimate of drug-likeness (QED) is 0.605. The second-order valence-corrected chi connectivity index (χ2v) is 7.45. The van der Waals surface area contributed by atoms with E-state index in [1.807, 2.05) is 49.4 Å². The van der Waals surface area contributed by atoms with Crippen LogP contribution in [-0.2, 0) is 17.8 Å². The lowest BCUT2D eigenvalue weighted by Gasteiger charge is -2.12.